The Morgan fingerprint density at radius 2 is 2.15 bits per heavy atom. The third kappa shape index (κ3) is 3.08. The number of hydrogen-bond acceptors (Lipinski definition) is 4. The molecule has 0 saturated carbocycles. The number of aliphatic hydroxyl groups is 1. The second-order valence-electron chi connectivity index (χ2n) is 5.36. The van der Waals surface area contributed by atoms with Crippen molar-refractivity contribution in [1.82, 2.24) is 9.88 Å². The summed E-state index contributed by atoms with van der Waals surface area (Å²) in [6, 6.07) is 10.6. The smallest absolute Gasteiger partial charge is 0.122 e. The average Bonchev–Trinajstić information content (AvgIpc) is 2.89. The lowest BCUT2D eigenvalue weighted by atomic mass is 10.1. The maximum absolute atomic E-state index is 9.63. The SMILES string of the molecule is CC(O)c1nc2c(s1)CN(CCc1ccccc1)CC2. The van der Waals surface area contributed by atoms with Crippen LogP contribution in [0, 0.1) is 0 Å². The van der Waals surface area contributed by atoms with E-state index < -0.39 is 6.10 Å². The lowest BCUT2D eigenvalue weighted by molar-refractivity contribution is 0.198. The summed E-state index contributed by atoms with van der Waals surface area (Å²) in [4.78, 5) is 8.36. The molecule has 106 valence electrons. The summed E-state index contributed by atoms with van der Waals surface area (Å²) < 4.78 is 0. The van der Waals surface area contributed by atoms with Crippen LogP contribution >= 0.6 is 11.3 Å². The molecule has 1 aromatic heterocycles. The van der Waals surface area contributed by atoms with Gasteiger partial charge >= 0.3 is 0 Å². The van der Waals surface area contributed by atoms with Crippen molar-refractivity contribution in [2.45, 2.75) is 32.4 Å². The highest BCUT2D eigenvalue weighted by molar-refractivity contribution is 7.11. The zero-order chi connectivity index (χ0) is 13.9. The summed E-state index contributed by atoms with van der Waals surface area (Å²) in [5.41, 5.74) is 2.59. The molecule has 2 aromatic rings. The first-order chi connectivity index (χ1) is 9.72. The Kier molecular flexibility index (Phi) is 4.15. The standard InChI is InChI=1S/C16H20N2OS/c1-12(19)16-17-14-8-10-18(11-15(14)20-16)9-7-13-5-3-2-4-6-13/h2-6,12,19H,7-11H2,1H3. The van der Waals surface area contributed by atoms with Crippen molar-refractivity contribution in [2.24, 2.45) is 0 Å². The van der Waals surface area contributed by atoms with Crippen molar-refractivity contribution in [3.8, 4) is 0 Å². The van der Waals surface area contributed by atoms with Gasteiger partial charge in [0.05, 0.1) is 5.69 Å². The maximum atomic E-state index is 9.63. The molecule has 1 aliphatic rings. The van der Waals surface area contributed by atoms with E-state index in [1.54, 1.807) is 18.3 Å². The van der Waals surface area contributed by atoms with Gasteiger partial charge in [0.1, 0.15) is 11.1 Å². The van der Waals surface area contributed by atoms with Crippen LogP contribution in [0.2, 0.25) is 0 Å². The molecule has 1 aromatic carbocycles. The number of fused-ring (bicyclic) bond motifs is 1. The van der Waals surface area contributed by atoms with Gasteiger partial charge < -0.3 is 5.11 Å². The summed E-state index contributed by atoms with van der Waals surface area (Å²) in [5.74, 6) is 0. The van der Waals surface area contributed by atoms with E-state index in [1.807, 2.05) is 0 Å². The van der Waals surface area contributed by atoms with Gasteiger partial charge in [-0.05, 0) is 18.9 Å². The van der Waals surface area contributed by atoms with E-state index in [2.05, 4.69) is 40.2 Å². The second-order valence-corrected chi connectivity index (χ2v) is 6.47. The Labute approximate surface area is 123 Å². The van der Waals surface area contributed by atoms with Crippen LogP contribution < -0.4 is 0 Å². The summed E-state index contributed by atoms with van der Waals surface area (Å²) in [7, 11) is 0. The second kappa shape index (κ2) is 6.04. The molecule has 0 fully saturated rings. The number of nitrogens with zero attached hydrogens (tertiary/aromatic N) is 2. The highest BCUT2D eigenvalue weighted by Crippen LogP contribution is 2.28. The van der Waals surface area contributed by atoms with E-state index in [9.17, 15) is 5.11 Å². The number of thiazole rings is 1. The van der Waals surface area contributed by atoms with Crippen molar-refractivity contribution in [2.75, 3.05) is 13.1 Å². The molecular weight excluding hydrogens is 268 g/mol. The number of benzene rings is 1. The summed E-state index contributed by atoms with van der Waals surface area (Å²) in [5, 5.41) is 10.5. The van der Waals surface area contributed by atoms with E-state index in [0.717, 1.165) is 37.5 Å². The molecule has 1 aliphatic heterocycles. The van der Waals surface area contributed by atoms with Crippen molar-refractivity contribution < 1.29 is 5.11 Å². The lowest BCUT2D eigenvalue weighted by Crippen LogP contribution is -2.31. The number of aromatic nitrogens is 1. The first kappa shape index (κ1) is 13.7. The molecule has 1 atom stereocenters. The highest BCUT2D eigenvalue weighted by atomic mass is 32.1. The van der Waals surface area contributed by atoms with Gasteiger partial charge in [-0.1, -0.05) is 30.3 Å². The minimum Gasteiger partial charge on any atom is -0.386 e. The number of hydrogen-bond donors (Lipinski definition) is 1. The van der Waals surface area contributed by atoms with Crippen LogP contribution in [0.3, 0.4) is 0 Å². The zero-order valence-corrected chi connectivity index (χ0v) is 12.6. The van der Waals surface area contributed by atoms with Gasteiger partial charge in [-0.2, -0.15) is 0 Å². The van der Waals surface area contributed by atoms with Gasteiger partial charge in [0.15, 0.2) is 0 Å². The highest BCUT2D eigenvalue weighted by Gasteiger charge is 2.21. The largest absolute Gasteiger partial charge is 0.386 e. The summed E-state index contributed by atoms with van der Waals surface area (Å²) in [6.07, 6.45) is 1.66. The molecule has 2 heterocycles. The quantitative estimate of drug-likeness (QED) is 0.940. The predicted octanol–water partition coefficient (Wildman–Crippen LogP) is 2.80. The molecule has 0 radical (unpaired) electrons. The average molecular weight is 288 g/mol. The normalized spacial score (nSPS) is 16.9. The van der Waals surface area contributed by atoms with Gasteiger partial charge in [-0.25, -0.2) is 4.98 Å². The molecule has 0 aliphatic carbocycles. The maximum Gasteiger partial charge on any atom is 0.122 e. The molecule has 0 bridgehead atoms. The lowest BCUT2D eigenvalue weighted by Gasteiger charge is -2.25. The third-order valence-corrected chi connectivity index (χ3v) is 5.00. The van der Waals surface area contributed by atoms with E-state index in [4.69, 9.17) is 0 Å². The molecule has 0 amide bonds. The monoisotopic (exact) mass is 288 g/mol. The molecule has 1 N–H and O–H groups in total. The zero-order valence-electron chi connectivity index (χ0n) is 11.7. The van der Waals surface area contributed by atoms with Crippen molar-refractivity contribution >= 4 is 11.3 Å². The Balaban J connectivity index is 1.61. The third-order valence-electron chi connectivity index (χ3n) is 3.74. The Bertz CT molecular complexity index is 565. The van der Waals surface area contributed by atoms with Crippen LogP contribution in [0.5, 0.6) is 0 Å². The van der Waals surface area contributed by atoms with Gasteiger partial charge in [-0.3, -0.25) is 4.90 Å². The molecule has 1 unspecified atom stereocenters. The minimum atomic E-state index is -0.441. The van der Waals surface area contributed by atoms with Gasteiger partial charge in [0.2, 0.25) is 0 Å². The molecule has 3 rings (SSSR count). The summed E-state index contributed by atoms with van der Waals surface area (Å²) in [6.45, 7) is 4.93. The van der Waals surface area contributed by atoms with Crippen LogP contribution in [0.4, 0.5) is 0 Å². The van der Waals surface area contributed by atoms with E-state index in [1.165, 1.54) is 16.1 Å². The number of aliphatic hydroxyl groups excluding tert-OH is 1. The van der Waals surface area contributed by atoms with Gasteiger partial charge in [-0.15, -0.1) is 11.3 Å². The molecule has 20 heavy (non-hydrogen) atoms. The van der Waals surface area contributed by atoms with Gasteiger partial charge in [0.25, 0.3) is 0 Å². The molecule has 4 heteroatoms. The van der Waals surface area contributed by atoms with Crippen LogP contribution in [-0.2, 0) is 19.4 Å². The fourth-order valence-corrected chi connectivity index (χ4v) is 3.66. The minimum absolute atomic E-state index is 0.441. The van der Waals surface area contributed by atoms with Crippen LogP contribution in [0.1, 0.15) is 34.2 Å². The van der Waals surface area contributed by atoms with Crippen molar-refractivity contribution in [3.05, 3.63) is 51.5 Å². The van der Waals surface area contributed by atoms with Crippen LogP contribution in [0.25, 0.3) is 0 Å². The summed E-state index contributed by atoms with van der Waals surface area (Å²) >= 11 is 1.67. The fourth-order valence-electron chi connectivity index (χ4n) is 2.57. The van der Waals surface area contributed by atoms with Gasteiger partial charge in [0, 0.05) is 30.9 Å². The van der Waals surface area contributed by atoms with Crippen LogP contribution in [-0.4, -0.2) is 28.1 Å². The van der Waals surface area contributed by atoms with Crippen molar-refractivity contribution in [3.63, 3.8) is 0 Å². The first-order valence-corrected chi connectivity index (χ1v) is 7.97. The molecular formula is C16H20N2OS. The van der Waals surface area contributed by atoms with E-state index >= 15 is 0 Å². The predicted molar refractivity (Wildman–Crippen MR) is 81.9 cm³/mol. The van der Waals surface area contributed by atoms with Crippen molar-refractivity contribution in [1.29, 1.82) is 0 Å². The number of rotatable bonds is 4. The van der Waals surface area contributed by atoms with Crippen LogP contribution in [0.15, 0.2) is 30.3 Å². The van der Waals surface area contributed by atoms with E-state index in [-0.39, 0.29) is 0 Å². The Morgan fingerprint density at radius 1 is 1.35 bits per heavy atom. The van der Waals surface area contributed by atoms with E-state index in [0.29, 0.717) is 0 Å². The molecule has 0 saturated heterocycles. The fraction of sp³-hybridized carbons (Fsp3) is 0.438. The topological polar surface area (TPSA) is 36.4 Å². The Morgan fingerprint density at radius 3 is 2.90 bits per heavy atom. The molecule has 3 nitrogen and oxygen atoms in total. The Hall–Kier alpha value is -1.23. The first-order valence-electron chi connectivity index (χ1n) is 7.15. The molecule has 0 spiro atoms.